The van der Waals surface area contributed by atoms with E-state index in [2.05, 4.69) is 10.0 Å². The van der Waals surface area contributed by atoms with Gasteiger partial charge in [-0.25, -0.2) is 13.1 Å². The molecule has 0 spiro atoms. The molecule has 0 saturated carbocycles. The van der Waals surface area contributed by atoms with Crippen molar-refractivity contribution < 1.29 is 17.9 Å². The van der Waals surface area contributed by atoms with Gasteiger partial charge in [-0.1, -0.05) is 42.5 Å². The zero-order valence-corrected chi connectivity index (χ0v) is 18.7. The Hall–Kier alpha value is -2.22. The van der Waals surface area contributed by atoms with E-state index in [-0.39, 0.29) is 22.9 Å². The van der Waals surface area contributed by atoms with E-state index in [9.17, 15) is 13.2 Å². The molecule has 0 bridgehead atoms. The molecule has 7 heteroatoms. The first-order valence-corrected chi connectivity index (χ1v) is 11.8. The Morgan fingerprint density at radius 1 is 1.00 bits per heavy atom. The van der Waals surface area contributed by atoms with Gasteiger partial charge in [-0.15, -0.1) is 0 Å². The third kappa shape index (κ3) is 8.26. The monoisotopic (exact) mass is 432 g/mol. The molecule has 0 radical (unpaired) electrons. The first-order valence-electron chi connectivity index (χ1n) is 10.3. The molecule has 0 unspecified atom stereocenters. The maximum atomic E-state index is 12.6. The number of amides is 1. The van der Waals surface area contributed by atoms with Crippen LogP contribution >= 0.6 is 0 Å². The molecule has 0 aromatic heterocycles. The van der Waals surface area contributed by atoms with Crippen LogP contribution in [-0.2, 0) is 26.0 Å². The quantitative estimate of drug-likeness (QED) is 0.502. The van der Waals surface area contributed by atoms with E-state index in [0.29, 0.717) is 26.0 Å². The molecule has 164 valence electrons. The number of benzene rings is 2. The number of carbonyl (C=O) groups is 1. The van der Waals surface area contributed by atoms with Gasteiger partial charge in [0.1, 0.15) is 0 Å². The van der Waals surface area contributed by atoms with Gasteiger partial charge >= 0.3 is 0 Å². The second-order valence-corrected chi connectivity index (χ2v) is 9.23. The Balaban J connectivity index is 1.80. The highest BCUT2D eigenvalue weighted by Crippen LogP contribution is 2.17. The first kappa shape index (κ1) is 24.1. The van der Waals surface area contributed by atoms with Gasteiger partial charge < -0.3 is 10.1 Å². The summed E-state index contributed by atoms with van der Waals surface area (Å²) in [6, 6.07) is 15.8. The minimum Gasteiger partial charge on any atom is -0.379 e. The maximum Gasteiger partial charge on any atom is 0.241 e. The van der Waals surface area contributed by atoms with Gasteiger partial charge in [0.15, 0.2) is 0 Å². The Bertz CT molecular complexity index is 881. The number of hydrogen-bond acceptors (Lipinski definition) is 4. The zero-order valence-electron chi connectivity index (χ0n) is 17.9. The number of aryl methyl sites for hydroxylation is 1. The van der Waals surface area contributed by atoms with Gasteiger partial charge in [-0.05, 0) is 56.9 Å². The molecule has 0 aliphatic carbocycles. The summed E-state index contributed by atoms with van der Waals surface area (Å²) >= 11 is 0. The lowest BCUT2D eigenvalue weighted by Crippen LogP contribution is -2.27. The fourth-order valence-electron chi connectivity index (χ4n) is 2.91. The fraction of sp³-hybridized carbons (Fsp3) is 0.435. The Labute approximate surface area is 180 Å². The first-order chi connectivity index (χ1) is 14.3. The van der Waals surface area contributed by atoms with Gasteiger partial charge in [0.2, 0.25) is 15.9 Å². The average Bonchev–Trinajstić information content (AvgIpc) is 2.72. The van der Waals surface area contributed by atoms with Crippen molar-refractivity contribution in [2.75, 3.05) is 13.2 Å². The van der Waals surface area contributed by atoms with Crippen LogP contribution < -0.4 is 10.0 Å². The standard InChI is InChI=1S/C23H32N2O4S/c1-18(2)29-17-7-16-24-23(26)15-12-20-10-13-22(14-11-20)30(27,28)25-19(3)21-8-5-4-6-9-21/h4-6,8-11,13-14,18-19,25H,7,12,15-17H2,1-3H3,(H,24,26)/t19-/m0/s1. The van der Waals surface area contributed by atoms with E-state index < -0.39 is 10.0 Å². The predicted molar refractivity (Wildman–Crippen MR) is 119 cm³/mol. The Morgan fingerprint density at radius 2 is 1.67 bits per heavy atom. The maximum absolute atomic E-state index is 12.6. The van der Waals surface area contributed by atoms with E-state index in [1.807, 2.05) is 51.1 Å². The molecule has 30 heavy (non-hydrogen) atoms. The van der Waals surface area contributed by atoms with Gasteiger partial charge in [0, 0.05) is 25.6 Å². The molecule has 2 rings (SSSR count). The van der Waals surface area contributed by atoms with Crippen molar-refractivity contribution in [2.24, 2.45) is 0 Å². The van der Waals surface area contributed by atoms with Crippen LogP contribution in [0.25, 0.3) is 0 Å². The van der Waals surface area contributed by atoms with Gasteiger partial charge in [0.05, 0.1) is 11.0 Å². The molecule has 0 fully saturated rings. The smallest absolute Gasteiger partial charge is 0.241 e. The van der Waals surface area contributed by atoms with Crippen molar-refractivity contribution in [1.29, 1.82) is 0 Å². The van der Waals surface area contributed by atoms with E-state index in [0.717, 1.165) is 17.5 Å². The third-order valence-corrected chi connectivity index (χ3v) is 6.16. The molecule has 2 aromatic carbocycles. The van der Waals surface area contributed by atoms with Crippen LogP contribution in [0.15, 0.2) is 59.5 Å². The van der Waals surface area contributed by atoms with Crippen LogP contribution in [0.1, 0.15) is 50.8 Å². The lowest BCUT2D eigenvalue weighted by Gasteiger charge is -2.15. The largest absolute Gasteiger partial charge is 0.379 e. The summed E-state index contributed by atoms with van der Waals surface area (Å²) in [5, 5.41) is 2.87. The number of hydrogen-bond donors (Lipinski definition) is 2. The second kappa shape index (κ2) is 11.8. The zero-order chi connectivity index (χ0) is 22.0. The number of nitrogens with one attached hydrogen (secondary N) is 2. The highest BCUT2D eigenvalue weighted by molar-refractivity contribution is 7.89. The predicted octanol–water partition coefficient (Wildman–Crippen LogP) is 3.59. The van der Waals surface area contributed by atoms with Gasteiger partial charge in [-0.2, -0.15) is 0 Å². The van der Waals surface area contributed by atoms with Crippen LogP contribution in [0.4, 0.5) is 0 Å². The van der Waals surface area contributed by atoms with Crippen LogP contribution in [0.5, 0.6) is 0 Å². The van der Waals surface area contributed by atoms with Crippen LogP contribution in [0, 0.1) is 0 Å². The van der Waals surface area contributed by atoms with E-state index in [1.165, 1.54) is 0 Å². The topological polar surface area (TPSA) is 84.5 Å². The number of ether oxygens (including phenoxy) is 1. The number of sulfonamides is 1. The highest BCUT2D eigenvalue weighted by atomic mass is 32.2. The molecule has 0 aliphatic heterocycles. The Morgan fingerprint density at radius 3 is 2.30 bits per heavy atom. The van der Waals surface area contributed by atoms with E-state index in [4.69, 9.17) is 4.74 Å². The second-order valence-electron chi connectivity index (χ2n) is 7.52. The molecule has 0 saturated heterocycles. The fourth-order valence-corrected chi connectivity index (χ4v) is 4.14. The SMILES string of the molecule is CC(C)OCCCNC(=O)CCc1ccc(S(=O)(=O)N[C@@H](C)c2ccccc2)cc1. The summed E-state index contributed by atoms with van der Waals surface area (Å²) in [6.45, 7) is 7.00. The molecule has 6 nitrogen and oxygen atoms in total. The molecular formula is C23H32N2O4S. The van der Waals surface area contributed by atoms with E-state index in [1.54, 1.807) is 24.3 Å². The molecular weight excluding hydrogens is 400 g/mol. The summed E-state index contributed by atoms with van der Waals surface area (Å²) in [5.41, 5.74) is 1.82. The third-order valence-electron chi connectivity index (χ3n) is 4.60. The van der Waals surface area contributed by atoms with Crippen LogP contribution in [0.3, 0.4) is 0 Å². The number of carbonyl (C=O) groups excluding carboxylic acids is 1. The minimum absolute atomic E-state index is 0.0189. The van der Waals surface area contributed by atoms with Crippen LogP contribution in [-0.4, -0.2) is 33.6 Å². The summed E-state index contributed by atoms with van der Waals surface area (Å²) < 4.78 is 33.4. The minimum atomic E-state index is -3.62. The molecule has 2 aromatic rings. The lowest BCUT2D eigenvalue weighted by atomic mass is 10.1. The van der Waals surface area contributed by atoms with Crippen molar-refractivity contribution in [2.45, 2.75) is 57.1 Å². The van der Waals surface area contributed by atoms with Crippen molar-refractivity contribution in [3.05, 3.63) is 65.7 Å². The highest BCUT2D eigenvalue weighted by Gasteiger charge is 2.18. The van der Waals surface area contributed by atoms with Crippen LogP contribution in [0.2, 0.25) is 0 Å². The van der Waals surface area contributed by atoms with E-state index >= 15 is 0 Å². The number of rotatable bonds is 12. The summed E-state index contributed by atoms with van der Waals surface area (Å²) in [5.74, 6) is -0.0189. The van der Waals surface area contributed by atoms with Gasteiger partial charge in [0.25, 0.3) is 0 Å². The normalized spacial score (nSPS) is 12.7. The summed E-state index contributed by atoms with van der Waals surface area (Å²) in [6.07, 6.45) is 1.90. The molecule has 1 amide bonds. The summed E-state index contributed by atoms with van der Waals surface area (Å²) in [7, 11) is -3.62. The van der Waals surface area contributed by atoms with Crippen molar-refractivity contribution in [1.82, 2.24) is 10.0 Å². The lowest BCUT2D eigenvalue weighted by molar-refractivity contribution is -0.121. The molecule has 0 heterocycles. The van der Waals surface area contributed by atoms with Crippen molar-refractivity contribution in [3.8, 4) is 0 Å². The molecule has 0 aliphatic rings. The molecule has 1 atom stereocenters. The summed E-state index contributed by atoms with van der Waals surface area (Å²) in [4.78, 5) is 12.1. The van der Waals surface area contributed by atoms with Crippen molar-refractivity contribution >= 4 is 15.9 Å². The Kier molecular flexibility index (Phi) is 9.49. The average molecular weight is 433 g/mol. The van der Waals surface area contributed by atoms with Crippen molar-refractivity contribution in [3.63, 3.8) is 0 Å². The van der Waals surface area contributed by atoms with Gasteiger partial charge in [-0.3, -0.25) is 4.79 Å². The molecule has 2 N–H and O–H groups in total.